The van der Waals surface area contributed by atoms with Crippen LogP contribution in [-0.2, 0) is 11.4 Å². The number of nitrogens with two attached hydrogens (primary N) is 1. The van der Waals surface area contributed by atoms with Gasteiger partial charge in [0.1, 0.15) is 23.9 Å². The Morgan fingerprint density at radius 3 is 2.50 bits per heavy atom. The van der Waals surface area contributed by atoms with Crippen LogP contribution in [0.1, 0.15) is 44.3 Å². The van der Waals surface area contributed by atoms with E-state index in [1.807, 2.05) is 18.2 Å². The molecule has 0 aliphatic heterocycles. The minimum absolute atomic E-state index is 0.0838. The zero-order chi connectivity index (χ0) is 20.7. The number of aromatic nitrogens is 3. The Kier molecular flexibility index (Phi) is 5.13. The molecule has 1 aromatic carbocycles. The van der Waals surface area contributed by atoms with Gasteiger partial charge in [0.15, 0.2) is 5.82 Å². The molecule has 0 amide bonds. The van der Waals surface area contributed by atoms with E-state index >= 15 is 0 Å². The summed E-state index contributed by atoms with van der Waals surface area (Å²) in [6.07, 6.45) is 7.29. The van der Waals surface area contributed by atoms with E-state index < -0.39 is 0 Å². The summed E-state index contributed by atoms with van der Waals surface area (Å²) in [6, 6.07) is 7.36. The molecule has 1 heterocycles. The Morgan fingerprint density at radius 2 is 1.83 bits per heavy atom. The number of ketones is 1. The number of rotatable bonds is 8. The van der Waals surface area contributed by atoms with Crippen molar-refractivity contribution in [1.82, 2.24) is 14.9 Å². The Hall–Kier alpha value is -2.22. The van der Waals surface area contributed by atoms with Crippen LogP contribution < -0.4 is 15.3 Å². The summed E-state index contributed by atoms with van der Waals surface area (Å²) in [6.45, 7) is 0.195. The largest absolute Gasteiger partial charge is 0.497 e. The molecule has 4 aliphatic carbocycles. The van der Waals surface area contributed by atoms with Crippen molar-refractivity contribution in [2.45, 2.75) is 50.3 Å². The highest BCUT2D eigenvalue weighted by molar-refractivity contribution is 7.99. The van der Waals surface area contributed by atoms with Gasteiger partial charge in [0, 0.05) is 11.5 Å². The maximum Gasteiger partial charge on any atom is 0.210 e. The van der Waals surface area contributed by atoms with Gasteiger partial charge in [0.2, 0.25) is 5.16 Å². The molecule has 2 aromatic rings. The van der Waals surface area contributed by atoms with Crippen molar-refractivity contribution in [2.75, 3.05) is 18.7 Å². The quantitative estimate of drug-likeness (QED) is 0.508. The summed E-state index contributed by atoms with van der Waals surface area (Å²) in [5, 5.41) is 8.87. The third-order valence-electron chi connectivity index (χ3n) is 7.11. The molecule has 8 heteroatoms. The SMILES string of the molecule is COc1cccc(OCc2nnc(SCC(=O)C34CC5CC(CC(C5)C3)C4)n2N)c1. The van der Waals surface area contributed by atoms with E-state index in [0.29, 0.717) is 28.3 Å². The Morgan fingerprint density at radius 1 is 1.17 bits per heavy atom. The molecular formula is C22H28N4O3S. The molecule has 4 bridgehead atoms. The van der Waals surface area contributed by atoms with E-state index in [-0.39, 0.29) is 12.0 Å². The standard InChI is InChI=1S/C22H28N4O3S/c1-28-17-3-2-4-18(8-17)29-12-20-24-25-21(26(20)23)30-13-19(27)22-9-14-5-15(10-22)7-16(6-14)11-22/h2-4,8,14-16H,5-7,9-13,23H2,1H3. The highest BCUT2D eigenvalue weighted by Gasteiger charge is 2.54. The second-order valence-electron chi connectivity index (χ2n) is 9.15. The molecule has 0 radical (unpaired) electrons. The van der Waals surface area contributed by atoms with Crippen molar-refractivity contribution in [3.63, 3.8) is 0 Å². The topological polar surface area (TPSA) is 92.3 Å². The maximum atomic E-state index is 13.2. The molecule has 2 N–H and O–H groups in total. The molecule has 30 heavy (non-hydrogen) atoms. The van der Waals surface area contributed by atoms with E-state index in [2.05, 4.69) is 10.2 Å². The van der Waals surface area contributed by atoms with Gasteiger partial charge in [-0.3, -0.25) is 4.79 Å². The van der Waals surface area contributed by atoms with Gasteiger partial charge in [-0.25, -0.2) is 4.68 Å². The predicted molar refractivity (Wildman–Crippen MR) is 114 cm³/mol. The molecule has 6 rings (SSSR count). The van der Waals surface area contributed by atoms with Crippen LogP contribution in [0.15, 0.2) is 29.4 Å². The van der Waals surface area contributed by atoms with Crippen LogP contribution in [-0.4, -0.2) is 33.5 Å². The van der Waals surface area contributed by atoms with Crippen LogP contribution in [0.2, 0.25) is 0 Å². The lowest BCUT2D eigenvalue weighted by Crippen LogP contribution is -2.50. The number of nitrogens with zero attached hydrogens (tertiary/aromatic N) is 3. The zero-order valence-corrected chi connectivity index (χ0v) is 18.1. The molecule has 0 spiro atoms. The second-order valence-corrected chi connectivity index (χ2v) is 10.1. The van der Waals surface area contributed by atoms with Crippen LogP contribution in [0.25, 0.3) is 0 Å². The predicted octanol–water partition coefficient (Wildman–Crippen LogP) is 3.46. The minimum atomic E-state index is -0.0838. The first-order chi connectivity index (χ1) is 14.5. The summed E-state index contributed by atoms with van der Waals surface area (Å²) in [5.41, 5.74) is -0.0838. The number of ether oxygens (including phenoxy) is 2. The lowest BCUT2D eigenvalue weighted by atomic mass is 9.48. The molecule has 0 atom stereocenters. The number of carbonyl (C=O) groups is 1. The van der Waals surface area contributed by atoms with Gasteiger partial charge in [-0.05, 0) is 68.4 Å². The van der Waals surface area contributed by atoms with Crippen LogP contribution in [0.5, 0.6) is 11.5 Å². The molecule has 160 valence electrons. The fourth-order valence-electron chi connectivity index (χ4n) is 6.08. The first-order valence-electron chi connectivity index (χ1n) is 10.7. The van der Waals surface area contributed by atoms with Crippen LogP contribution in [0, 0.1) is 23.2 Å². The fraction of sp³-hybridized carbons (Fsp3) is 0.591. The van der Waals surface area contributed by atoms with Crippen LogP contribution in [0.4, 0.5) is 0 Å². The summed E-state index contributed by atoms with van der Waals surface area (Å²) in [4.78, 5) is 13.2. The smallest absolute Gasteiger partial charge is 0.210 e. The third kappa shape index (κ3) is 3.66. The van der Waals surface area contributed by atoms with Crippen molar-refractivity contribution in [3.8, 4) is 11.5 Å². The maximum absolute atomic E-state index is 13.2. The lowest BCUT2D eigenvalue weighted by molar-refractivity contribution is -0.141. The van der Waals surface area contributed by atoms with E-state index in [9.17, 15) is 4.79 Å². The number of carbonyl (C=O) groups excluding carboxylic acids is 1. The molecule has 0 unspecified atom stereocenters. The molecule has 1 aromatic heterocycles. The summed E-state index contributed by atoms with van der Waals surface area (Å²) < 4.78 is 12.4. The number of nitrogen functional groups attached to an aromatic ring is 1. The van der Waals surface area contributed by atoms with Gasteiger partial charge < -0.3 is 15.3 Å². The number of hydrogen-bond acceptors (Lipinski definition) is 7. The molecule has 4 saturated carbocycles. The minimum Gasteiger partial charge on any atom is -0.497 e. The number of methoxy groups -OCH3 is 1. The zero-order valence-electron chi connectivity index (χ0n) is 17.3. The van der Waals surface area contributed by atoms with Gasteiger partial charge in [0.05, 0.1) is 12.9 Å². The Balaban J connectivity index is 1.19. The summed E-state index contributed by atoms with van der Waals surface area (Å²) >= 11 is 1.39. The van der Waals surface area contributed by atoms with Crippen molar-refractivity contribution >= 4 is 17.5 Å². The number of hydrogen-bond donors (Lipinski definition) is 1. The van der Waals surface area contributed by atoms with E-state index in [0.717, 1.165) is 42.8 Å². The number of benzene rings is 1. The molecular weight excluding hydrogens is 400 g/mol. The normalized spacial score (nSPS) is 29.2. The lowest BCUT2D eigenvalue weighted by Gasteiger charge is -2.56. The van der Waals surface area contributed by atoms with Crippen molar-refractivity contribution < 1.29 is 14.3 Å². The Labute approximate surface area is 180 Å². The van der Waals surface area contributed by atoms with E-state index in [4.69, 9.17) is 15.3 Å². The summed E-state index contributed by atoms with van der Waals surface area (Å²) in [7, 11) is 1.61. The first kappa shape index (κ1) is 19.7. The monoisotopic (exact) mass is 428 g/mol. The van der Waals surface area contributed by atoms with Gasteiger partial charge >= 0.3 is 0 Å². The van der Waals surface area contributed by atoms with Crippen molar-refractivity contribution in [3.05, 3.63) is 30.1 Å². The molecule has 7 nitrogen and oxygen atoms in total. The summed E-state index contributed by atoms with van der Waals surface area (Å²) in [5.74, 6) is 11.2. The first-order valence-corrected chi connectivity index (χ1v) is 11.7. The van der Waals surface area contributed by atoms with Crippen LogP contribution in [0.3, 0.4) is 0 Å². The number of thioether (sulfide) groups is 1. The van der Waals surface area contributed by atoms with Gasteiger partial charge in [-0.2, -0.15) is 0 Å². The number of Topliss-reactive ketones (excluding diaryl/α,β-unsaturated/α-hetero) is 1. The van der Waals surface area contributed by atoms with Crippen molar-refractivity contribution in [1.29, 1.82) is 0 Å². The molecule has 0 saturated heterocycles. The van der Waals surface area contributed by atoms with Crippen molar-refractivity contribution in [2.24, 2.45) is 23.2 Å². The van der Waals surface area contributed by atoms with Gasteiger partial charge in [0.25, 0.3) is 0 Å². The highest BCUT2D eigenvalue weighted by atomic mass is 32.2. The Bertz CT molecular complexity index is 909. The van der Waals surface area contributed by atoms with Crippen LogP contribution >= 0.6 is 11.8 Å². The average Bonchev–Trinajstić information content (AvgIpc) is 3.09. The third-order valence-corrected chi connectivity index (χ3v) is 8.05. The fourth-order valence-corrected chi connectivity index (χ4v) is 6.99. The second kappa shape index (κ2) is 7.80. The van der Waals surface area contributed by atoms with Gasteiger partial charge in [-0.1, -0.05) is 17.8 Å². The molecule has 4 fully saturated rings. The highest BCUT2D eigenvalue weighted by Crippen LogP contribution is 2.60. The van der Waals surface area contributed by atoms with Gasteiger partial charge in [-0.15, -0.1) is 10.2 Å². The average molecular weight is 429 g/mol. The molecule has 4 aliphatic rings. The van der Waals surface area contributed by atoms with E-state index in [1.165, 1.54) is 35.7 Å². The van der Waals surface area contributed by atoms with E-state index in [1.54, 1.807) is 13.2 Å².